The van der Waals surface area contributed by atoms with E-state index in [0.717, 1.165) is 36.3 Å². The van der Waals surface area contributed by atoms with E-state index in [0.29, 0.717) is 16.7 Å². The second-order valence-electron chi connectivity index (χ2n) is 4.76. The lowest BCUT2D eigenvalue weighted by Gasteiger charge is -2.05. The Labute approximate surface area is 127 Å². The van der Waals surface area contributed by atoms with Crippen LogP contribution >= 0.6 is 11.8 Å². The van der Waals surface area contributed by atoms with Gasteiger partial charge in [-0.15, -0.1) is 0 Å². The van der Waals surface area contributed by atoms with Crippen molar-refractivity contribution < 1.29 is 8.78 Å². The van der Waals surface area contributed by atoms with Gasteiger partial charge in [0.25, 0.3) is 5.76 Å². The van der Waals surface area contributed by atoms with Crippen molar-refractivity contribution in [3.8, 4) is 11.3 Å². The highest BCUT2D eigenvalue weighted by Crippen LogP contribution is 2.28. The number of rotatable bonds is 7. The Kier molecular flexibility index (Phi) is 5.76. The van der Waals surface area contributed by atoms with Gasteiger partial charge in [0.2, 0.25) is 0 Å². The van der Waals surface area contributed by atoms with Crippen LogP contribution in [0.3, 0.4) is 0 Å². The van der Waals surface area contributed by atoms with Crippen molar-refractivity contribution in [3.63, 3.8) is 0 Å². The Bertz CT molecular complexity index is 567. The number of nitrogens with zero attached hydrogens (tertiary/aromatic N) is 2. The van der Waals surface area contributed by atoms with E-state index >= 15 is 0 Å². The minimum Gasteiger partial charge on any atom is -0.313 e. The van der Waals surface area contributed by atoms with E-state index in [4.69, 9.17) is 0 Å². The minimum atomic E-state index is -2.39. The number of alkyl halides is 2. The molecule has 0 saturated heterocycles. The van der Waals surface area contributed by atoms with Gasteiger partial charge in [0, 0.05) is 35.8 Å². The minimum absolute atomic E-state index is 0.557. The van der Waals surface area contributed by atoms with E-state index in [1.807, 2.05) is 25.4 Å². The van der Waals surface area contributed by atoms with Crippen molar-refractivity contribution in [3.05, 3.63) is 36.0 Å². The third kappa shape index (κ3) is 4.54. The lowest BCUT2D eigenvalue weighted by Crippen LogP contribution is -2.13. The molecule has 0 aliphatic heterocycles. The summed E-state index contributed by atoms with van der Waals surface area (Å²) in [5.74, 6) is -2.39. The van der Waals surface area contributed by atoms with Gasteiger partial charge in [0.1, 0.15) is 0 Å². The summed E-state index contributed by atoms with van der Waals surface area (Å²) in [5, 5.41) is 7.83. The first-order valence-electron chi connectivity index (χ1n) is 6.88. The summed E-state index contributed by atoms with van der Waals surface area (Å²) in [6.07, 6.45) is 3.06. The Morgan fingerprint density at radius 1 is 1.29 bits per heavy atom. The molecule has 0 aliphatic carbocycles. The fraction of sp³-hybridized carbons (Fsp3) is 0.400. The molecule has 0 radical (unpaired) electrons. The maximum absolute atomic E-state index is 12.3. The van der Waals surface area contributed by atoms with Crippen molar-refractivity contribution in [2.24, 2.45) is 7.05 Å². The molecule has 21 heavy (non-hydrogen) atoms. The molecule has 114 valence electrons. The lowest BCUT2D eigenvalue weighted by atomic mass is 10.1. The van der Waals surface area contributed by atoms with Gasteiger partial charge in [0.15, 0.2) is 0 Å². The van der Waals surface area contributed by atoms with Gasteiger partial charge in [-0.05, 0) is 25.1 Å². The van der Waals surface area contributed by atoms with E-state index in [2.05, 4.69) is 17.3 Å². The summed E-state index contributed by atoms with van der Waals surface area (Å²) in [5.41, 5.74) is 2.96. The molecule has 1 heterocycles. The summed E-state index contributed by atoms with van der Waals surface area (Å²) in [6.45, 7) is 3.83. The van der Waals surface area contributed by atoms with Crippen LogP contribution in [-0.4, -0.2) is 22.1 Å². The predicted octanol–water partition coefficient (Wildman–Crippen LogP) is 3.90. The highest BCUT2D eigenvalue weighted by Gasteiger charge is 2.11. The molecule has 2 rings (SSSR count). The van der Waals surface area contributed by atoms with Gasteiger partial charge < -0.3 is 5.32 Å². The van der Waals surface area contributed by atoms with Gasteiger partial charge in [0.05, 0.1) is 5.69 Å². The van der Waals surface area contributed by atoms with Gasteiger partial charge in [-0.2, -0.15) is 13.9 Å². The standard InChI is InChI=1S/C15H19F2N3S/c1-3-8-18-9-12-10-20(2)19-14(12)11-4-6-13(7-5-11)21-15(16)17/h4-7,10,15,18H,3,8-9H2,1-2H3. The van der Waals surface area contributed by atoms with Crippen LogP contribution in [-0.2, 0) is 13.6 Å². The zero-order valence-electron chi connectivity index (χ0n) is 12.1. The first-order chi connectivity index (χ1) is 10.1. The van der Waals surface area contributed by atoms with Crippen molar-refractivity contribution in [1.82, 2.24) is 15.1 Å². The number of halogens is 2. The monoisotopic (exact) mass is 311 g/mol. The van der Waals surface area contributed by atoms with Gasteiger partial charge in [-0.25, -0.2) is 0 Å². The third-order valence-electron chi connectivity index (χ3n) is 3.00. The summed E-state index contributed by atoms with van der Waals surface area (Å²) in [6, 6.07) is 7.11. The molecular formula is C15H19F2N3S. The van der Waals surface area contributed by atoms with Crippen LogP contribution < -0.4 is 5.32 Å². The largest absolute Gasteiger partial charge is 0.313 e. The molecular weight excluding hydrogens is 292 g/mol. The molecule has 0 spiro atoms. The van der Waals surface area contributed by atoms with Crippen molar-refractivity contribution in [2.75, 3.05) is 6.54 Å². The molecule has 0 fully saturated rings. The number of aryl methyl sites for hydroxylation is 1. The van der Waals surface area contributed by atoms with Gasteiger partial charge >= 0.3 is 0 Å². The highest BCUT2D eigenvalue weighted by molar-refractivity contribution is 7.99. The zero-order valence-corrected chi connectivity index (χ0v) is 13.0. The van der Waals surface area contributed by atoms with Gasteiger partial charge in [-0.1, -0.05) is 30.8 Å². The topological polar surface area (TPSA) is 29.9 Å². The molecule has 1 aromatic heterocycles. The molecule has 0 atom stereocenters. The second-order valence-corrected chi connectivity index (χ2v) is 5.82. The highest BCUT2D eigenvalue weighted by atomic mass is 32.2. The molecule has 2 aromatic rings. The predicted molar refractivity (Wildman–Crippen MR) is 82.5 cm³/mol. The molecule has 0 saturated carbocycles. The van der Waals surface area contributed by atoms with Crippen LogP contribution in [0.5, 0.6) is 0 Å². The smallest absolute Gasteiger partial charge is 0.288 e. The maximum atomic E-state index is 12.3. The molecule has 0 unspecified atom stereocenters. The SMILES string of the molecule is CCCNCc1cn(C)nc1-c1ccc(SC(F)F)cc1. The van der Waals surface area contributed by atoms with Crippen LogP contribution in [0.25, 0.3) is 11.3 Å². The zero-order chi connectivity index (χ0) is 15.2. The third-order valence-corrected chi connectivity index (χ3v) is 3.72. The normalized spacial score (nSPS) is 11.3. The van der Waals surface area contributed by atoms with E-state index in [9.17, 15) is 8.78 Å². The number of thioether (sulfide) groups is 1. The number of nitrogens with one attached hydrogen (secondary N) is 1. The molecule has 1 N–H and O–H groups in total. The Balaban J connectivity index is 2.16. The number of hydrogen-bond donors (Lipinski definition) is 1. The van der Waals surface area contributed by atoms with Crippen LogP contribution in [0.15, 0.2) is 35.4 Å². The summed E-state index contributed by atoms with van der Waals surface area (Å²) in [4.78, 5) is 0.565. The quantitative estimate of drug-likeness (QED) is 0.621. The van der Waals surface area contributed by atoms with E-state index in [-0.39, 0.29) is 0 Å². The lowest BCUT2D eigenvalue weighted by molar-refractivity contribution is 0.252. The fourth-order valence-electron chi connectivity index (χ4n) is 2.10. The van der Waals surface area contributed by atoms with Gasteiger partial charge in [-0.3, -0.25) is 4.68 Å². The number of benzene rings is 1. The van der Waals surface area contributed by atoms with Crippen molar-refractivity contribution >= 4 is 11.8 Å². The first-order valence-corrected chi connectivity index (χ1v) is 7.76. The number of aromatic nitrogens is 2. The Hall–Kier alpha value is -1.40. The molecule has 0 amide bonds. The summed E-state index contributed by atoms with van der Waals surface area (Å²) in [7, 11) is 1.88. The molecule has 3 nitrogen and oxygen atoms in total. The summed E-state index contributed by atoms with van der Waals surface area (Å²) >= 11 is 0.557. The van der Waals surface area contributed by atoms with Crippen molar-refractivity contribution in [2.45, 2.75) is 30.5 Å². The van der Waals surface area contributed by atoms with Crippen LogP contribution in [0.4, 0.5) is 8.78 Å². The average Bonchev–Trinajstić information content (AvgIpc) is 2.80. The second kappa shape index (κ2) is 7.56. The molecule has 1 aromatic carbocycles. The molecule has 0 aliphatic rings. The number of hydrogen-bond acceptors (Lipinski definition) is 3. The Morgan fingerprint density at radius 2 is 2.00 bits per heavy atom. The van der Waals surface area contributed by atoms with Crippen LogP contribution in [0.2, 0.25) is 0 Å². The first kappa shape index (κ1) is 16.0. The van der Waals surface area contributed by atoms with E-state index in [1.165, 1.54) is 0 Å². The van der Waals surface area contributed by atoms with Crippen LogP contribution in [0, 0.1) is 0 Å². The Morgan fingerprint density at radius 3 is 2.62 bits per heavy atom. The molecule has 6 heteroatoms. The van der Waals surface area contributed by atoms with Crippen molar-refractivity contribution in [1.29, 1.82) is 0 Å². The van der Waals surface area contributed by atoms with E-state index in [1.54, 1.807) is 16.8 Å². The van der Waals surface area contributed by atoms with Crippen LogP contribution in [0.1, 0.15) is 18.9 Å². The molecule has 0 bridgehead atoms. The maximum Gasteiger partial charge on any atom is 0.288 e. The summed E-state index contributed by atoms with van der Waals surface area (Å²) < 4.78 is 26.4. The fourth-order valence-corrected chi connectivity index (χ4v) is 2.60. The van der Waals surface area contributed by atoms with E-state index < -0.39 is 5.76 Å². The average molecular weight is 311 g/mol.